The second-order valence-electron chi connectivity index (χ2n) is 3.49. The number of aromatic carboxylic acids is 1. The van der Waals surface area contributed by atoms with E-state index >= 15 is 0 Å². The Hall–Kier alpha value is -1.39. The topological polar surface area (TPSA) is 55.8 Å². The molecule has 0 bridgehead atoms. The van der Waals surface area contributed by atoms with Crippen LogP contribution >= 0.6 is 0 Å². The third kappa shape index (κ3) is 1.73. The normalized spacial score (nSPS) is 19.0. The van der Waals surface area contributed by atoms with Gasteiger partial charge in [-0.05, 0) is 13.0 Å². The molecule has 1 fully saturated rings. The predicted octanol–water partition coefficient (Wildman–Crippen LogP) is 1.60. The van der Waals surface area contributed by atoms with Gasteiger partial charge in [0.25, 0.3) is 0 Å². The third-order valence-corrected chi connectivity index (χ3v) is 2.49. The maximum Gasteiger partial charge on any atom is 0.336 e. The van der Waals surface area contributed by atoms with Crippen LogP contribution in [-0.4, -0.2) is 24.3 Å². The van der Waals surface area contributed by atoms with Crippen LogP contribution in [0.2, 0.25) is 0 Å². The minimum atomic E-state index is -0.967. The van der Waals surface area contributed by atoms with Crippen LogP contribution in [0.25, 0.3) is 0 Å². The summed E-state index contributed by atoms with van der Waals surface area (Å²) in [5.74, 6) is -1.89. The van der Waals surface area contributed by atoms with Crippen molar-refractivity contribution in [2.24, 2.45) is 0 Å². The SMILES string of the molecule is CC1(c2ccccc2C(=O)O)OCCO1. The van der Waals surface area contributed by atoms with Crippen LogP contribution in [0.15, 0.2) is 24.3 Å². The van der Waals surface area contributed by atoms with Crippen molar-refractivity contribution in [1.29, 1.82) is 0 Å². The predicted molar refractivity (Wildman–Crippen MR) is 52.7 cm³/mol. The molecular weight excluding hydrogens is 196 g/mol. The minimum Gasteiger partial charge on any atom is -0.478 e. The van der Waals surface area contributed by atoms with E-state index in [1.165, 1.54) is 0 Å². The van der Waals surface area contributed by atoms with Crippen LogP contribution < -0.4 is 0 Å². The van der Waals surface area contributed by atoms with Gasteiger partial charge in [-0.1, -0.05) is 18.2 Å². The highest BCUT2D eigenvalue weighted by Gasteiger charge is 2.36. The summed E-state index contributed by atoms with van der Waals surface area (Å²) in [7, 11) is 0. The molecule has 1 aliphatic rings. The lowest BCUT2D eigenvalue weighted by molar-refractivity contribution is -0.150. The molecule has 15 heavy (non-hydrogen) atoms. The highest BCUT2D eigenvalue weighted by molar-refractivity contribution is 5.89. The number of hydrogen-bond donors (Lipinski definition) is 1. The van der Waals surface area contributed by atoms with E-state index in [-0.39, 0.29) is 5.56 Å². The van der Waals surface area contributed by atoms with Crippen LogP contribution in [0.3, 0.4) is 0 Å². The van der Waals surface area contributed by atoms with Crippen molar-refractivity contribution < 1.29 is 19.4 Å². The average Bonchev–Trinajstić information content (AvgIpc) is 2.66. The van der Waals surface area contributed by atoms with E-state index in [1.54, 1.807) is 31.2 Å². The lowest BCUT2D eigenvalue weighted by Crippen LogP contribution is -2.25. The number of rotatable bonds is 2. The standard InChI is InChI=1S/C11H12O4/c1-11(14-6-7-15-11)9-5-3-2-4-8(9)10(12)13/h2-5H,6-7H2,1H3,(H,12,13). The number of carbonyl (C=O) groups is 1. The average molecular weight is 208 g/mol. The summed E-state index contributed by atoms with van der Waals surface area (Å²) in [4.78, 5) is 11.0. The van der Waals surface area contributed by atoms with Crippen molar-refractivity contribution in [2.75, 3.05) is 13.2 Å². The number of benzene rings is 1. The van der Waals surface area contributed by atoms with Gasteiger partial charge in [0, 0.05) is 5.56 Å². The summed E-state index contributed by atoms with van der Waals surface area (Å²) >= 11 is 0. The maximum absolute atomic E-state index is 11.0. The lowest BCUT2D eigenvalue weighted by atomic mass is 10.0. The summed E-state index contributed by atoms with van der Waals surface area (Å²) in [6, 6.07) is 6.73. The summed E-state index contributed by atoms with van der Waals surface area (Å²) in [5, 5.41) is 9.03. The molecule has 0 aliphatic carbocycles. The first-order valence-electron chi connectivity index (χ1n) is 4.74. The van der Waals surface area contributed by atoms with Gasteiger partial charge in [0.2, 0.25) is 0 Å². The zero-order chi connectivity index (χ0) is 10.9. The van der Waals surface area contributed by atoms with Gasteiger partial charge in [0.1, 0.15) is 0 Å². The molecule has 1 N–H and O–H groups in total. The molecule has 1 saturated heterocycles. The zero-order valence-electron chi connectivity index (χ0n) is 8.40. The summed E-state index contributed by atoms with van der Waals surface area (Å²) < 4.78 is 10.9. The van der Waals surface area contributed by atoms with Crippen LogP contribution in [0.1, 0.15) is 22.8 Å². The molecule has 4 nitrogen and oxygen atoms in total. The molecule has 0 saturated carbocycles. The van der Waals surface area contributed by atoms with Gasteiger partial charge in [-0.3, -0.25) is 0 Å². The van der Waals surface area contributed by atoms with Crippen molar-refractivity contribution in [3.8, 4) is 0 Å². The van der Waals surface area contributed by atoms with Crippen molar-refractivity contribution in [2.45, 2.75) is 12.7 Å². The van der Waals surface area contributed by atoms with Gasteiger partial charge in [-0.25, -0.2) is 4.79 Å². The van der Waals surface area contributed by atoms with E-state index in [1.807, 2.05) is 0 Å². The van der Waals surface area contributed by atoms with Gasteiger partial charge in [0.05, 0.1) is 18.8 Å². The molecule has 0 aromatic heterocycles. The Morgan fingerprint density at radius 1 is 1.33 bits per heavy atom. The van der Waals surface area contributed by atoms with Gasteiger partial charge in [-0.15, -0.1) is 0 Å². The molecule has 1 aliphatic heterocycles. The highest BCUT2D eigenvalue weighted by atomic mass is 16.7. The van der Waals surface area contributed by atoms with Crippen molar-refractivity contribution in [1.82, 2.24) is 0 Å². The van der Waals surface area contributed by atoms with Crippen molar-refractivity contribution >= 4 is 5.97 Å². The second kappa shape index (κ2) is 3.64. The number of carboxylic acid groups (broad SMARTS) is 1. The fourth-order valence-corrected chi connectivity index (χ4v) is 1.74. The Morgan fingerprint density at radius 2 is 1.93 bits per heavy atom. The van der Waals surface area contributed by atoms with E-state index in [0.29, 0.717) is 18.8 Å². The number of ether oxygens (including phenoxy) is 2. The van der Waals surface area contributed by atoms with E-state index in [2.05, 4.69) is 0 Å². The molecule has 1 heterocycles. The Labute approximate surface area is 87.4 Å². The maximum atomic E-state index is 11.0. The second-order valence-corrected chi connectivity index (χ2v) is 3.49. The Balaban J connectivity index is 2.47. The zero-order valence-corrected chi connectivity index (χ0v) is 8.40. The first-order chi connectivity index (χ1) is 7.13. The van der Waals surface area contributed by atoms with Gasteiger partial charge >= 0.3 is 5.97 Å². The Kier molecular flexibility index (Phi) is 2.46. The minimum absolute atomic E-state index is 0.224. The smallest absolute Gasteiger partial charge is 0.336 e. The van der Waals surface area contributed by atoms with E-state index in [4.69, 9.17) is 14.6 Å². The van der Waals surface area contributed by atoms with Crippen LogP contribution in [0.5, 0.6) is 0 Å². The molecule has 0 amide bonds. The quantitative estimate of drug-likeness (QED) is 0.802. The van der Waals surface area contributed by atoms with Crippen molar-refractivity contribution in [3.05, 3.63) is 35.4 Å². The van der Waals surface area contributed by atoms with Gasteiger partial charge < -0.3 is 14.6 Å². The van der Waals surface area contributed by atoms with Crippen molar-refractivity contribution in [3.63, 3.8) is 0 Å². The molecule has 0 unspecified atom stereocenters. The van der Waals surface area contributed by atoms with Gasteiger partial charge in [0.15, 0.2) is 5.79 Å². The highest BCUT2D eigenvalue weighted by Crippen LogP contribution is 2.32. The number of hydrogen-bond acceptors (Lipinski definition) is 3. The lowest BCUT2D eigenvalue weighted by Gasteiger charge is -2.24. The van der Waals surface area contributed by atoms with Crippen LogP contribution in [0.4, 0.5) is 0 Å². The van der Waals surface area contributed by atoms with Crippen LogP contribution in [-0.2, 0) is 15.3 Å². The first kappa shape index (κ1) is 10.1. The van der Waals surface area contributed by atoms with E-state index in [9.17, 15) is 4.79 Å². The first-order valence-corrected chi connectivity index (χ1v) is 4.74. The molecular formula is C11H12O4. The summed E-state index contributed by atoms with van der Waals surface area (Å²) in [5.41, 5.74) is 0.789. The molecule has 2 rings (SSSR count). The molecule has 4 heteroatoms. The Bertz CT molecular complexity index is 380. The van der Waals surface area contributed by atoms with E-state index < -0.39 is 11.8 Å². The van der Waals surface area contributed by atoms with Crippen LogP contribution in [0, 0.1) is 0 Å². The molecule has 0 spiro atoms. The third-order valence-electron chi connectivity index (χ3n) is 2.49. The molecule has 80 valence electrons. The summed E-state index contributed by atoms with van der Waals surface area (Å²) in [6.45, 7) is 2.72. The Morgan fingerprint density at radius 3 is 2.53 bits per heavy atom. The monoisotopic (exact) mass is 208 g/mol. The fraction of sp³-hybridized carbons (Fsp3) is 0.364. The van der Waals surface area contributed by atoms with Gasteiger partial charge in [-0.2, -0.15) is 0 Å². The largest absolute Gasteiger partial charge is 0.478 e. The molecule has 0 atom stereocenters. The molecule has 1 aromatic rings. The number of carboxylic acids is 1. The molecule has 0 radical (unpaired) electrons. The van der Waals surface area contributed by atoms with E-state index in [0.717, 1.165) is 0 Å². The molecule has 1 aromatic carbocycles. The summed E-state index contributed by atoms with van der Waals surface area (Å²) in [6.07, 6.45) is 0. The fourth-order valence-electron chi connectivity index (χ4n) is 1.74.